The fourth-order valence-electron chi connectivity index (χ4n) is 3.68. The van der Waals surface area contributed by atoms with Crippen molar-refractivity contribution in [2.75, 3.05) is 17.3 Å². The Labute approximate surface area is 201 Å². The number of sulfone groups is 1. The molecule has 2 aromatic carbocycles. The van der Waals surface area contributed by atoms with Crippen molar-refractivity contribution in [2.45, 2.75) is 37.8 Å². The third kappa shape index (κ3) is 5.79. The van der Waals surface area contributed by atoms with Crippen LogP contribution in [0.25, 0.3) is 0 Å². The first kappa shape index (κ1) is 29.1. The lowest BCUT2D eigenvalue weighted by molar-refractivity contribution is -0.348. The zero-order valence-electron chi connectivity index (χ0n) is 19.0. The van der Waals surface area contributed by atoms with Gasteiger partial charge < -0.3 is 11.1 Å². The summed E-state index contributed by atoms with van der Waals surface area (Å²) in [6.07, 6.45) is -11.6. The molecule has 0 aliphatic carbocycles. The SMILES string of the molecule is Cc1cc(C(F)(C(F)(F)F)C(F)(F)F)ccc1NC(=O)c1cccc(C(C)CS(C)(=O)=O)c1C(N)=O. The van der Waals surface area contributed by atoms with Crippen LogP contribution >= 0.6 is 0 Å². The fraction of sp³-hybridized carbons (Fsp3) is 0.364. The maximum atomic E-state index is 14.3. The number of nitrogens with one attached hydrogen (secondary N) is 1. The maximum absolute atomic E-state index is 14.3. The van der Waals surface area contributed by atoms with Gasteiger partial charge in [0.15, 0.2) is 0 Å². The molecule has 0 aromatic heterocycles. The minimum absolute atomic E-state index is 0.144. The van der Waals surface area contributed by atoms with Gasteiger partial charge in [0.1, 0.15) is 9.84 Å². The highest BCUT2D eigenvalue weighted by Crippen LogP contribution is 2.53. The van der Waals surface area contributed by atoms with E-state index in [2.05, 4.69) is 5.32 Å². The van der Waals surface area contributed by atoms with Crippen LogP contribution in [0.2, 0.25) is 0 Å². The van der Waals surface area contributed by atoms with Gasteiger partial charge in [-0.2, -0.15) is 26.3 Å². The quantitative estimate of drug-likeness (QED) is 0.491. The minimum atomic E-state index is -6.30. The van der Waals surface area contributed by atoms with E-state index in [-0.39, 0.29) is 39.8 Å². The highest BCUT2D eigenvalue weighted by atomic mass is 32.2. The number of aryl methyl sites for hydroxylation is 1. The van der Waals surface area contributed by atoms with E-state index in [1.54, 1.807) is 0 Å². The average Bonchev–Trinajstić information content (AvgIpc) is 2.70. The normalized spacial score (nSPS) is 13.8. The molecule has 1 atom stereocenters. The van der Waals surface area contributed by atoms with Gasteiger partial charge in [-0.25, -0.2) is 12.8 Å². The van der Waals surface area contributed by atoms with Gasteiger partial charge in [0.2, 0.25) is 5.91 Å². The molecule has 0 saturated heterocycles. The number of nitrogens with two attached hydrogens (primary N) is 1. The molecule has 1 unspecified atom stereocenters. The van der Waals surface area contributed by atoms with E-state index in [1.807, 2.05) is 0 Å². The molecule has 0 aliphatic rings. The predicted octanol–water partition coefficient (Wildman–Crippen LogP) is 4.78. The van der Waals surface area contributed by atoms with Crippen molar-refractivity contribution in [3.05, 3.63) is 64.2 Å². The lowest BCUT2D eigenvalue weighted by Gasteiger charge is -2.30. The summed E-state index contributed by atoms with van der Waals surface area (Å²) in [4.78, 5) is 25.0. The fourth-order valence-corrected chi connectivity index (χ4v) is 4.77. The van der Waals surface area contributed by atoms with E-state index in [1.165, 1.54) is 25.1 Å². The first-order valence-electron chi connectivity index (χ1n) is 10.1. The summed E-state index contributed by atoms with van der Waals surface area (Å²) in [6.45, 7) is 2.53. The molecule has 14 heteroatoms. The Bertz CT molecular complexity index is 1270. The number of amides is 2. The molecule has 0 bridgehead atoms. The topological polar surface area (TPSA) is 106 Å². The summed E-state index contributed by atoms with van der Waals surface area (Å²) in [6, 6.07) is 5.11. The third-order valence-corrected chi connectivity index (χ3v) is 6.43. The Morgan fingerprint density at radius 1 is 1.00 bits per heavy atom. The van der Waals surface area contributed by atoms with E-state index in [4.69, 9.17) is 5.73 Å². The molecule has 0 aliphatic heterocycles. The summed E-state index contributed by atoms with van der Waals surface area (Å²) in [7, 11) is -3.48. The van der Waals surface area contributed by atoms with Crippen molar-refractivity contribution in [1.82, 2.24) is 0 Å². The molecule has 0 saturated carbocycles. The number of hydrogen-bond donors (Lipinski definition) is 2. The van der Waals surface area contributed by atoms with Gasteiger partial charge in [-0.15, -0.1) is 0 Å². The summed E-state index contributed by atoms with van der Waals surface area (Å²) in [5.74, 6) is -3.20. The van der Waals surface area contributed by atoms with Crippen molar-refractivity contribution in [3.8, 4) is 0 Å². The summed E-state index contributed by atoms with van der Waals surface area (Å²) >= 11 is 0. The number of primary amides is 1. The van der Waals surface area contributed by atoms with Crippen LogP contribution in [0, 0.1) is 6.92 Å². The number of benzene rings is 2. The second-order valence-electron chi connectivity index (χ2n) is 8.27. The van der Waals surface area contributed by atoms with Gasteiger partial charge in [-0.05, 0) is 36.1 Å². The molecule has 3 N–H and O–H groups in total. The second-order valence-corrected chi connectivity index (χ2v) is 10.5. The molecule has 198 valence electrons. The lowest BCUT2D eigenvalue weighted by atomic mass is 9.91. The van der Waals surface area contributed by atoms with E-state index >= 15 is 0 Å². The average molecular weight is 542 g/mol. The zero-order chi connectivity index (χ0) is 27.9. The number of alkyl halides is 7. The second kappa shape index (κ2) is 9.71. The number of anilines is 1. The molecule has 6 nitrogen and oxygen atoms in total. The monoisotopic (exact) mass is 542 g/mol. The van der Waals surface area contributed by atoms with E-state index in [0.29, 0.717) is 12.1 Å². The molecule has 2 amide bonds. The highest BCUT2D eigenvalue weighted by molar-refractivity contribution is 7.90. The molecule has 36 heavy (non-hydrogen) atoms. The Morgan fingerprint density at radius 2 is 1.56 bits per heavy atom. The lowest BCUT2D eigenvalue weighted by Crippen LogP contribution is -2.50. The first-order chi connectivity index (χ1) is 16.2. The van der Waals surface area contributed by atoms with Gasteiger partial charge >= 0.3 is 18.0 Å². The smallest absolute Gasteiger partial charge is 0.366 e. The molecular weight excluding hydrogens is 521 g/mol. The molecule has 0 heterocycles. The zero-order valence-corrected chi connectivity index (χ0v) is 19.8. The van der Waals surface area contributed by atoms with Gasteiger partial charge in [-0.1, -0.05) is 31.2 Å². The van der Waals surface area contributed by atoms with Crippen LogP contribution in [-0.2, 0) is 15.5 Å². The van der Waals surface area contributed by atoms with Crippen LogP contribution < -0.4 is 11.1 Å². The minimum Gasteiger partial charge on any atom is -0.366 e. The van der Waals surface area contributed by atoms with Crippen LogP contribution in [0.1, 0.15) is 50.2 Å². The Kier molecular flexibility index (Phi) is 7.84. The summed E-state index contributed by atoms with van der Waals surface area (Å²) in [5, 5.41) is 2.24. The van der Waals surface area contributed by atoms with E-state index in [0.717, 1.165) is 13.2 Å². The molecule has 2 aromatic rings. The molecular formula is C22H21F7N2O4S. The van der Waals surface area contributed by atoms with Crippen molar-refractivity contribution in [1.29, 1.82) is 0 Å². The summed E-state index contributed by atoms with van der Waals surface area (Å²) in [5.41, 5.74) is -3.04. The predicted molar refractivity (Wildman–Crippen MR) is 117 cm³/mol. The largest absolute Gasteiger partial charge is 0.435 e. The van der Waals surface area contributed by atoms with Gasteiger partial charge in [-0.3, -0.25) is 9.59 Å². The number of rotatable bonds is 7. The summed E-state index contributed by atoms with van der Waals surface area (Å²) < 4.78 is 116. The van der Waals surface area contributed by atoms with Crippen molar-refractivity contribution >= 4 is 27.3 Å². The van der Waals surface area contributed by atoms with Crippen LogP contribution in [0.4, 0.5) is 36.4 Å². The molecule has 0 spiro atoms. The van der Waals surface area contributed by atoms with E-state index in [9.17, 15) is 48.7 Å². The molecule has 0 radical (unpaired) electrons. The van der Waals surface area contributed by atoms with E-state index < -0.39 is 51.2 Å². The van der Waals surface area contributed by atoms with Gasteiger partial charge in [0.25, 0.3) is 5.91 Å². The number of hydrogen-bond acceptors (Lipinski definition) is 4. The van der Waals surface area contributed by atoms with Crippen molar-refractivity contribution < 1.29 is 48.7 Å². The standard InChI is InChI=1S/C22H21F7N2O4S/c1-11-9-13(20(23,21(24,25)26)22(27,28)29)7-8-16(11)31-19(33)15-6-4-5-14(17(15)18(30)32)12(2)10-36(3,34)35/h4-9,12H,10H2,1-3H3,(H2,30,32)(H,31,33). The Balaban J connectivity index is 2.50. The van der Waals surface area contributed by atoms with Crippen molar-refractivity contribution in [2.24, 2.45) is 5.73 Å². The van der Waals surface area contributed by atoms with Gasteiger partial charge in [0.05, 0.1) is 16.9 Å². The van der Waals surface area contributed by atoms with Crippen LogP contribution in [0.5, 0.6) is 0 Å². The third-order valence-electron chi connectivity index (χ3n) is 5.33. The Hall–Kier alpha value is -3.16. The van der Waals surface area contributed by atoms with Crippen LogP contribution in [0.3, 0.4) is 0 Å². The Morgan fingerprint density at radius 3 is 2.00 bits per heavy atom. The number of halogens is 7. The molecule has 0 fully saturated rings. The number of carbonyl (C=O) groups is 2. The van der Waals surface area contributed by atoms with Gasteiger partial charge in [0, 0.05) is 17.5 Å². The van der Waals surface area contributed by atoms with Crippen molar-refractivity contribution in [3.63, 3.8) is 0 Å². The maximum Gasteiger partial charge on any atom is 0.435 e. The molecule has 2 rings (SSSR count). The first-order valence-corrected chi connectivity index (χ1v) is 12.1. The highest BCUT2D eigenvalue weighted by Gasteiger charge is 2.73. The number of carbonyl (C=O) groups excluding carboxylic acids is 2. The van der Waals surface area contributed by atoms with Crippen LogP contribution in [0.15, 0.2) is 36.4 Å². The van der Waals surface area contributed by atoms with Crippen LogP contribution in [-0.4, -0.2) is 44.6 Å².